The van der Waals surface area contributed by atoms with E-state index in [2.05, 4.69) is 0 Å². The molecule has 1 heterocycles. The molecule has 0 bridgehead atoms. The summed E-state index contributed by atoms with van der Waals surface area (Å²) in [5.74, 6) is -0.0455. The lowest BCUT2D eigenvalue weighted by Gasteiger charge is -2.32. The summed E-state index contributed by atoms with van der Waals surface area (Å²) >= 11 is 0. The van der Waals surface area contributed by atoms with E-state index in [-0.39, 0.29) is 5.78 Å². The molecule has 1 aromatic carbocycles. The number of hydrogen-bond donors (Lipinski definition) is 0. The third-order valence-corrected chi connectivity index (χ3v) is 4.42. The molecule has 0 amide bonds. The second kappa shape index (κ2) is 5.56. The van der Waals surface area contributed by atoms with Gasteiger partial charge in [-0.1, -0.05) is 24.3 Å². The van der Waals surface area contributed by atoms with Crippen LogP contribution in [0.15, 0.2) is 24.3 Å². The van der Waals surface area contributed by atoms with Gasteiger partial charge in [-0.3, -0.25) is 4.79 Å². The van der Waals surface area contributed by atoms with Crippen molar-refractivity contribution in [1.29, 1.82) is 0 Å². The highest BCUT2D eigenvalue weighted by atomic mass is 16.7. The zero-order valence-corrected chi connectivity index (χ0v) is 13.6. The van der Waals surface area contributed by atoms with Crippen LogP contribution in [0.5, 0.6) is 0 Å². The molecule has 0 spiro atoms. The van der Waals surface area contributed by atoms with Crippen molar-refractivity contribution in [3.63, 3.8) is 0 Å². The zero-order valence-electron chi connectivity index (χ0n) is 13.6. The molecule has 2 rings (SSSR count). The van der Waals surface area contributed by atoms with Gasteiger partial charge in [-0.15, -0.1) is 0 Å². The van der Waals surface area contributed by atoms with Crippen molar-refractivity contribution in [3.8, 4) is 0 Å². The average Bonchev–Trinajstić information content (AvgIpc) is 2.66. The molecule has 114 valence electrons. The van der Waals surface area contributed by atoms with Crippen LogP contribution in [0.3, 0.4) is 0 Å². The lowest BCUT2D eigenvalue weighted by molar-refractivity contribution is 0.00578. The Kier molecular flexibility index (Phi) is 4.29. The van der Waals surface area contributed by atoms with E-state index in [1.165, 1.54) is 7.11 Å². The predicted octanol–water partition coefficient (Wildman–Crippen LogP) is 2.20. The summed E-state index contributed by atoms with van der Waals surface area (Å²) in [7, 11) is 1.07. The zero-order chi connectivity index (χ0) is 15.8. The van der Waals surface area contributed by atoms with Crippen molar-refractivity contribution in [3.05, 3.63) is 29.8 Å². The Morgan fingerprint density at radius 2 is 1.76 bits per heavy atom. The van der Waals surface area contributed by atoms with Crippen LogP contribution >= 0.6 is 0 Å². The smallest absolute Gasteiger partial charge is 0.399 e. The summed E-state index contributed by atoms with van der Waals surface area (Å²) in [6.45, 7) is 9.78. The van der Waals surface area contributed by atoms with Crippen LogP contribution in [0.2, 0.25) is 0 Å². The summed E-state index contributed by atoms with van der Waals surface area (Å²) in [5.41, 5.74) is 0.675. The third-order valence-electron chi connectivity index (χ3n) is 4.42. The van der Waals surface area contributed by atoms with E-state index in [1.54, 1.807) is 13.0 Å². The van der Waals surface area contributed by atoms with Crippen LogP contribution in [0.25, 0.3) is 0 Å². The number of ether oxygens (including phenoxy) is 1. The molecular weight excluding hydrogens is 267 g/mol. The molecule has 1 aromatic rings. The van der Waals surface area contributed by atoms with Gasteiger partial charge < -0.3 is 14.0 Å². The lowest BCUT2D eigenvalue weighted by atomic mass is 9.78. The van der Waals surface area contributed by atoms with Crippen LogP contribution in [-0.4, -0.2) is 37.3 Å². The molecule has 1 atom stereocenters. The van der Waals surface area contributed by atoms with Crippen LogP contribution in [0, 0.1) is 0 Å². The van der Waals surface area contributed by atoms with E-state index < -0.39 is 24.4 Å². The van der Waals surface area contributed by atoms with Gasteiger partial charge in [0.25, 0.3) is 0 Å². The highest BCUT2D eigenvalue weighted by Gasteiger charge is 2.51. The fourth-order valence-corrected chi connectivity index (χ4v) is 2.16. The second-order valence-corrected chi connectivity index (χ2v) is 6.46. The molecule has 0 saturated carbocycles. The number of benzene rings is 1. The van der Waals surface area contributed by atoms with Crippen LogP contribution in [0.4, 0.5) is 0 Å². The van der Waals surface area contributed by atoms with Gasteiger partial charge in [0.05, 0.1) is 11.2 Å². The number of rotatable bonds is 4. The molecule has 1 saturated heterocycles. The van der Waals surface area contributed by atoms with Gasteiger partial charge >= 0.3 is 7.12 Å². The summed E-state index contributed by atoms with van der Waals surface area (Å²) in [5, 5.41) is 0. The quantitative estimate of drug-likeness (QED) is 0.630. The molecule has 21 heavy (non-hydrogen) atoms. The summed E-state index contributed by atoms with van der Waals surface area (Å²) < 4.78 is 17.1. The Morgan fingerprint density at radius 3 is 2.29 bits per heavy atom. The maximum atomic E-state index is 12.2. The van der Waals surface area contributed by atoms with Gasteiger partial charge in [0, 0.05) is 12.7 Å². The standard InChI is InChI=1S/C16H23BO4/c1-11(19-6)14(18)12-8-7-9-13(10-12)17-20-15(2,3)16(4,5)21-17/h7-11H,1-6H3. The van der Waals surface area contributed by atoms with E-state index in [9.17, 15) is 4.79 Å². The highest BCUT2D eigenvalue weighted by molar-refractivity contribution is 6.62. The number of ketones is 1. The predicted molar refractivity (Wildman–Crippen MR) is 83.0 cm³/mol. The molecule has 1 aliphatic rings. The first-order chi connectivity index (χ1) is 9.68. The Hall–Kier alpha value is -1.17. The van der Waals surface area contributed by atoms with Crippen LogP contribution < -0.4 is 5.46 Å². The fraction of sp³-hybridized carbons (Fsp3) is 0.562. The van der Waals surface area contributed by atoms with Crippen LogP contribution in [-0.2, 0) is 14.0 Å². The molecule has 4 nitrogen and oxygen atoms in total. The number of hydrogen-bond acceptors (Lipinski definition) is 4. The SMILES string of the molecule is COC(C)C(=O)c1cccc(B2OC(C)(C)C(C)(C)O2)c1. The van der Waals surface area contributed by atoms with E-state index in [4.69, 9.17) is 14.0 Å². The molecular formula is C16H23BO4. The molecule has 1 unspecified atom stereocenters. The van der Waals surface area contributed by atoms with Crippen LogP contribution in [0.1, 0.15) is 45.0 Å². The lowest BCUT2D eigenvalue weighted by Crippen LogP contribution is -2.41. The third kappa shape index (κ3) is 3.05. The van der Waals surface area contributed by atoms with Crippen molar-refractivity contribution in [2.75, 3.05) is 7.11 Å². The number of Topliss-reactive ketones (excluding diaryl/α,β-unsaturated/α-hetero) is 1. The number of carbonyl (C=O) groups is 1. The van der Waals surface area contributed by atoms with Gasteiger partial charge in [-0.05, 0) is 40.1 Å². The first-order valence-corrected chi connectivity index (χ1v) is 7.20. The van der Waals surface area contributed by atoms with Gasteiger partial charge in [-0.2, -0.15) is 0 Å². The van der Waals surface area contributed by atoms with Crippen molar-refractivity contribution in [1.82, 2.24) is 0 Å². The molecule has 1 fully saturated rings. The highest BCUT2D eigenvalue weighted by Crippen LogP contribution is 2.36. The summed E-state index contributed by atoms with van der Waals surface area (Å²) in [4.78, 5) is 12.2. The van der Waals surface area contributed by atoms with E-state index >= 15 is 0 Å². The van der Waals surface area contributed by atoms with E-state index in [0.717, 1.165) is 5.46 Å². The first kappa shape index (κ1) is 16.2. The van der Waals surface area contributed by atoms with Crippen molar-refractivity contribution >= 4 is 18.4 Å². The minimum atomic E-state index is -0.460. The number of methoxy groups -OCH3 is 1. The number of carbonyl (C=O) groups excluding carboxylic acids is 1. The van der Waals surface area contributed by atoms with Gasteiger partial charge in [0.15, 0.2) is 5.78 Å². The molecule has 1 aliphatic heterocycles. The largest absolute Gasteiger partial charge is 0.494 e. The van der Waals surface area contributed by atoms with E-state index in [0.29, 0.717) is 5.56 Å². The van der Waals surface area contributed by atoms with Crippen molar-refractivity contribution in [2.45, 2.75) is 51.9 Å². The summed E-state index contributed by atoms with van der Waals surface area (Å²) in [6, 6.07) is 7.36. The summed E-state index contributed by atoms with van der Waals surface area (Å²) in [6.07, 6.45) is -0.460. The molecule has 0 radical (unpaired) electrons. The Morgan fingerprint density at radius 1 is 1.19 bits per heavy atom. The Labute approximate surface area is 126 Å². The maximum absolute atomic E-state index is 12.2. The Balaban J connectivity index is 2.25. The second-order valence-electron chi connectivity index (χ2n) is 6.46. The monoisotopic (exact) mass is 290 g/mol. The fourth-order valence-electron chi connectivity index (χ4n) is 2.16. The Bertz CT molecular complexity index is 523. The minimum Gasteiger partial charge on any atom is -0.399 e. The van der Waals surface area contributed by atoms with Crippen molar-refractivity contribution < 1.29 is 18.8 Å². The minimum absolute atomic E-state index is 0.0455. The maximum Gasteiger partial charge on any atom is 0.494 e. The van der Waals surface area contributed by atoms with Gasteiger partial charge in [0.1, 0.15) is 6.10 Å². The van der Waals surface area contributed by atoms with Crippen molar-refractivity contribution in [2.24, 2.45) is 0 Å². The first-order valence-electron chi connectivity index (χ1n) is 7.20. The molecule has 5 heteroatoms. The van der Waals surface area contributed by atoms with E-state index in [1.807, 2.05) is 45.9 Å². The molecule has 0 aliphatic carbocycles. The topological polar surface area (TPSA) is 44.8 Å². The molecule has 0 N–H and O–H groups in total. The molecule has 0 aromatic heterocycles. The average molecular weight is 290 g/mol. The normalized spacial score (nSPS) is 21.3. The van der Waals surface area contributed by atoms with Gasteiger partial charge in [-0.25, -0.2) is 0 Å². The van der Waals surface area contributed by atoms with Gasteiger partial charge in [0.2, 0.25) is 0 Å².